The fourth-order valence-corrected chi connectivity index (χ4v) is 0.783. The van der Waals surface area contributed by atoms with Gasteiger partial charge >= 0.3 is 0 Å². The Balaban J connectivity index is 3.76. The molecule has 0 radical (unpaired) electrons. The monoisotopic (exact) mass is 164 g/mol. The lowest BCUT2D eigenvalue weighted by Crippen LogP contribution is -2.44. The predicted octanol–water partition coefficient (Wildman–Crippen LogP) is -1.24. The van der Waals surface area contributed by atoms with E-state index in [4.69, 9.17) is 15.3 Å². The molecule has 0 rings (SSSR count). The minimum Gasteiger partial charge on any atom is -0.380 e. The highest BCUT2D eigenvalue weighted by atomic mass is 16.3. The van der Waals surface area contributed by atoms with Gasteiger partial charge in [0.15, 0.2) is 0 Å². The zero-order valence-corrected chi connectivity index (χ0v) is 6.77. The van der Waals surface area contributed by atoms with E-state index >= 15 is 0 Å². The van der Waals surface area contributed by atoms with Gasteiger partial charge in [-0.2, -0.15) is 5.01 Å². The van der Waals surface area contributed by atoms with Gasteiger partial charge in [0.2, 0.25) is 0 Å². The lowest BCUT2D eigenvalue weighted by Gasteiger charge is -2.29. The molecule has 0 aliphatic heterocycles. The third kappa shape index (κ3) is 3.64. The van der Waals surface area contributed by atoms with Gasteiger partial charge in [-0.3, -0.25) is 0 Å². The molecule has 0 aromatic heterocycles. The second-order valence-electron chi connectivity index (χ2n) is 2.16. The second kappa shape index (κ2) is 6.51. The first-order chi connectivity index (χ1) is 5.29. The molecule has 3 N–H and O–H groups in total. The molecule has 0 atom stereocenters. The quantitative estimate of drug-likeness (QED) is 0.338. The van der Waals surface area contributed by atoms with Crippen molar-refractivity contribution in [1.29, 1.82) is 0 Å². The van der Waals surface area contributed by atoms with Crippen LogP contribution >= 0.6 is 0 Å². The lowest BCUT2D eigenvalue weighted by atomic mass is 10.5. The van der Waals surface area contributed by atoms with Crippen LogP contribution < -0.4 is 0 Å². The van der Waals surface area contributed by atoms with E-state index in [0.717, 1.165) is 6.42 Å². The van der Waals surface area contributed by atoms with E-state index in [2.05, 4.69) is 0 Å². The van der Waals surface area contributed by atoms with Crippen LogP contribution in [0.2, 0.25) is 0 Å². The zero-order chi connectivity index (χ0) is 8.69. The van der Waals surface area contributed by atoms with Crippen molar-refractivity contribution in [3.8, 4) is 0 Å². The number of aliphatic hydroxyl groups excluding tert-OH is 3. The molecular weight excluding hydrogens is 148 g/mol. The standard InChI is InChI=1S/C6H16N2O3/c1-2-3-7(4-9)8(5-10)6-11/h9-11H,2-6H2,1H3. The Bertz CT molecular complexity index is 87.9. The molecule has 0 fully saturated rings. The summed E-state index contributed by atoms with van der Waals surface area (Å²) in [7, 11) is 0. The van der Waals surface area contributed by atoms with Crippen LogP contribution in [0.25, 0.3) is 0 Å². The third-order valence-electron chi connectivity index (χ3n) is 1.37. The lowest BCUT2D eigenvalue weighted by molar-refractivity contribution is -0.157. The van der Waals surface area contributed by atoms with Gasteiger partial charge in [0.25, 0.3) is 0 Å². The van der Waals surface area contributed by atoms with Crippen LogP contribution in [0.15, 0.2) is 0 Å². The van der Waals surface area contributed by atoms with Crippen molar-refractivity contribution in [3.63, 3.8) is 0 Å². The summed E-state index contributed by atoms with van der Waals surface area (Å²) in [5.74, 6) is 0. The van der Waals surface area contributed by atoms with Crippen molar-refractivity contribution in [1.82, 2.24) is 10.0 Å². The van der Waals surface area contributed by atoms with Crippen molar-refractivity contribution in [3.05, 3.63) is 0 Å². The van der Waals surface area contributed by atoms with Gasteiger partial charge in [-0.25, -0.2) is 5.01 Å². The maximum atomic E-state index is 8.75. The van der Waals surface area contributed by atoms with Crippen molar-refractivity contribution >= 4 is 0 Å². The molecule has 68 valence electrons. The summed E-state index contributed by atoms with van der Waals surface area (Å²) in [4.78, 5) is 0. The number of aliphatic hydroxyl groups is 3. The molecule has 0 aromatic rings. The molecular formula is C6H16N2O3. The molecule has 0 saturated carbocycles. The molecule has 0 bridgehead atoms. The van der Waals surface area contributed by atoms with E-state index < -0.39 is 0 Å². The maximum Gasteiger partial charge on any atom is 0.111 e. The topological polar surface area (TPSA) is 67.2 Å². The number of nitrogens with zero attached hydrogens (tertiary/aromatic N) is 2. The molecule has 0 amide bonds. The van der Waals surface area contributed by atoms with Gasteiger partial charge in [-0.05, 0) is 6.42 Å². The van der Waals surface area contributed by atoms with Gasteiger partial charge in [0, 0.05) is 6.54 Å². The van der Waals surface area contributed by atoms with E-state index in [1.807, 2.05) is 6.92 Å². The summed E-state index contributed by atoms with van der Waals surface area (Å²) >= 11 is 0. The molecule has 0 unspecified atom stereocenters. The Morgan fingerprint density at radius 1 is 0.909 bits per heavy atom. The average molecular weight is 164 g/mol. The molecule has 0 spiro atoms. The highest BCUT2D eigenvalue weighted by molar-refractivity contribution is 4.44. The fourth-order valence-electron chi connectivity index (χ4n) is 0.783. The van der Waals surface area contributed by atoms with Crippen LogP contribution in [0, 0.1) is 0 Å². The largest absolute Gasteiger partial charge is 0.380 e. The van der Waals surface area contributed by atoms with Crippen molar-refractivity contribution in [2.24, 2.45) is 0 Å². The summed E-state index contributed by atoms with van der Waals surface area (Å²) in [5.41, 5.74) is 0. The SMILES string of the molecule is CCCN(CO)N(CO)CO. The highest BCUT2D eigenvalue weighted by Crippen LogP contribution is 1.95. The highest BCUT2D eigenvalue weighted by Gasteiger charge is 2.10. The molecule has 0 aliphatic carbocycles. The average Bonchev–Trinajstić information content (AvgIpc) is 2.05. The van der Waals surface area contributed by atoms with Crippen LogP contribution in [0.4, 0.5) is 0 Å². The third-order valence-corrected chi connectivity index (χ3v) is 1.37. The van der Waals surface area contributed by atoms with Crippen LogP contribution in [0.5, 0.6) is 0 Å². The van der Waals surface area contributed by atoms with Gasteiger partial charge in [-0.15, -0.1) is 0 Å². The van der Waals surface area contributed by atoms with Crippen LogP contribution in [0.1, 0.15) is 13.3 Å². The van der Waals surface area contributed by atoms with Crippen molar-refractivity contribution in [2.75, 3.05) is 26.7 Å². The first kappa shape index (κ1) is 10.8. The first-order valence-electron chi connectivity index (χ1n) is 3.62. The van der Waals surface area contributed by atoms with Crippen molar-refractivity contribution < 1.29 is 15.3 Å². The van der Waals surface area contributed by atoms with Crippen LogP contribution in [-0.4, -0.2) is 52.1 Å². The Morgan fingerprint density at radius 2 is 1.36 bits per heavy atom. The van der Waals surface area contributed by atoms with Gasteiger partial charge in [0.1, 0.15) is 20.2 Å². The van der Waals surface area contributed by atoms with Gasteiger partial charge in [-0.1, -0.05) is 6.92 Å². The van der Waals surface area contributed by atoms with Gasteiger partial charge < -0.3 is 15.3 Å². The molecule has 5 nitrogen and oxygen atoms in total. The fraction of sp³-hybridized carbons (Fsp3) is 1.00. The van der Waals surface area contributed by atoms with E-state index in [1.165, 1.54) is 10.0 Å². The van der Waals surface area contributed by atoms with E-state index in [1.54, 1.807) is 0 Å². The number of hydrogen-bond acceptors (Lipinski definition) is 5. The summed E-state index contributed by atoms with van der Waals surface area (Å²) in [6.07, 6.45) is 0.858. The molecule has 11 heavy (non-hydrogen) atoms. The van der Waals surface area contributed by atoms with Gasteiger partial charge in [0.05, 0.1) is 0 Å². The first-order valence-corrected chi connectivity index (χ1v) is 3.62. The molecule has 0 saturated heterocycles. The Kier molecular flexibility index (Phi) is 6.39. The smallest absolute Gasteiger partial charge is 0.111 e. The summed E-state index contributed by atoms with van der Waals surface area (Å²) in [6.45, 7) is 1.83. The summed E-state index contributed by atoms with van der Waals surface area (Å²) < 4.78 is 0. The molecule has 0 aromatic carbocycles. The minimum atomic E-state index is -0.281. The normalized spacial score (nSPS) is 11.5. The summed E-state index contributed by atoms with van der Waals surface area (Å²) in [5, 5.41) is 28.8. The number of hydrazine groups is 1. The minimum absolute atomic E-state index is 0.186. The Morgan fingerprint density at radius 3 is 1.64 bits per heavy atom. The second-order valence-corrected chi connectivity index (χ2v) is 2.16. The van der Waals surface area contributed by atoms with Crippen LogP contribution in [0.3, 0.4) is 0 Å². The number of hydrogen-bond donors (Lipinski definition) is 3. The number of rotatable bonds is 6. The molecule has 0 heterocycles. The Labute approximate surface area is 66.4 Å². The zero-order valence-electron chi connectivity index (χ0n) is 6.77. The molecule has 0 aliphatic rings. The van der Waals surface area contributed by atoms with E-state index in [0.29, 0.717) is 6.54 Å². The van der Waals surface area contributed by atoms with E-state index in [9.17, 15) is 0 Å². The maximum absolute atomic E-state index is 8.75. The predicted molar refractivity (Wildman–Crippen MR) is 40.1 cm³/mol. The van der Waals surface area contributed by atoms with Crippen molar-refractivity contribution in [2.45, 2.75) is 13.3 Å². The van der Waals surface area contributed by atoms with Crippen LogP contribution in [-0.2, 0) is 0 Å². The van der Waals surface area contributed by atoms with E-state index in [-0.39, 0.29) is 20.2 Å². The Hall–Kier alpha value is -0.200. The summed E-state index contributed by atoms with van der Waals surface area (Å²) in [6, 6.07) is 0. The molecule has 5 heteroatoms.